The van der Waals surface area contributed by atoms with Gasteiger partial charge in [-0.05, 0) is 50.3 Å². The number of rotatable bonds is 7. The predicted octanol–water partition coefficient (Wildman–Crippen LogP) is 2.93. The lowest BCUT2D eigenvalue weighted by Crippen LogP contribution is -2.42. The molecule has 1 aromatic carbocycles. The molecule has 1 amide bonds. The first-order chi connectivity index (χ1) is 11.6. The third kappa shape index (κ3) is 6.13. The van der Waals surface area contributed by atoms with Gasteiger partial charge in [-0.15, -0.1) is 24.0 Å². The Bertz CT molecular complexity index is 629. The highest BCUT2D eigenvalue weighted by atomic mass is 127. The number of halogens is 2. The lowest BCUT2D eigenvalue weighted by atomic mass is 9.96. The Morgan fingerprint density at radius 2 is 2.08 bits per heavy atom. The van der Waals surface area contributed by atoms with Crippen LogP contribution >= 0.6 is 39.9 Å². The zero-order valence-electron chi connectivity index (χ0n) is 14.5. The molecule has 0 saturated heterocycles. The minimum absolute atomic E-state index is 0. The van der Waals surface area contributed by atoms with Gasteiger partial charge < -0.3 is 16.0 Å². The number of benzene rings is 1. The molecule has 2 fully saturated rings. The van der Waals surface area contributed by atoms with E-state index in [0.29, 0.717) is 12.0 Å². The Kier molecular flexibility index (Phi) is 7.54. The summed E-state index contributed by atoms with van der Waals surface area (Å²) in [5.74, 6) is 0.715. The second kappa shape index (κ2) is 9.21. The monoisotopic (exact) mass is 520 g/mol. The summed E-state index contributed by atoms with van der Waals surface area (Å²) >= 11 is 3.55. The largest absolute Gasteiger partial charge is 0.357 e. The van der Waals surface area contributed by atoms with Gasteiger partial charge in [0.15, 0.2) is 5.96 Å². The van der Waals surface area contributed by atoms with Crippen molar-refractivity contribution >= 4 is 51.8 Å². The highest BCUT2D eigenvalue weighted by Crippen LogP contribution is 2.48. The molecular formula is C18H26BrIN4O. The SMILES string of the molecule is CCNC(=NCC(=O)NC1CC1)NCC1(c2cccc(Br)c2)CC1.I. The van der Waals surface area contributed by atoms with Crippen LogP contribution in [0.4, 0.5) is 0 Å². The molecule has 3 N–H and O–H groups in total. The summed E-state index contributed by atoms with van der Waals surface area (Å²) in [6.07, 6.45) is 4.56. The number of nitrogens with zero attached hydrogens (tertiary/aromatic N) is 1. The Morgan fingerprint density at radius 1 is 1.32 bits per heavy atom. The molecule has 2 aliphatic rings. The van der Waals surface area contributed by atoms with Crippen LogP contribution in [-0.2, 0) is 10.2 Å². The first kappa shape index (κ1) is 20.5. The van der Waals surface area contributed by atoms with Crippen molar-refractivity contribution in [2.45, 2.75) is 44.1 Å². The average molecular weight is 521 g/mol. The molecule has 5 nitrogen and oxygen atoms in total. The predicted molar refractivity (Wildman–Crippen MR) is 116 cm³/mol. The maximum Gasteiger partial charge on any atom is 0.242 e. The highest BCUT2D eigenvalue weighted by Gasteiger charge is 2.44. The zero-order chi connectivity index (χ0) is 17.0. The Morgan fingerprint density at radius 3 is 2.68 bits per heavy atom. The van der Waals surface area contributed by atoms with Crippen molar-refractivity contribution in [1.29, 1.82) is 0 Å². The fourth-order valence-corrected chi connectivity index (χ4v) is 3.18. The number of carbonyl (C=O) groups is 1. The van der Waals surface area contributed by atoms with Gasteiger partial charge in [0.1, 0.15) is 6.54 Å². The number of nitrogens with one attached hydrogen (secondary N) is 3. The third-order valence-electron chi connectivity index (χ3n) is 4.55. The van der Waals surface area contributed by atoms with Gasteiger partial charge in [-0.3, -0.25) is 4.79 Å². The van der Waals surface area contributed by atoms with E-state index in [1.807, 2.05) is 6.92 Å². The van der Waals surface area contributed by atoms with E-state index in [4.69, 9.17) is 0 Å². The van der Waals surface area contributed by atoms with Gasteiger partial charge >= 0.3 is 0 Å². The van der Waals surface area contributed by atoms with Crippen molar-refractivity contribution in [2.24, 2.45) is 4.99 Å². The minimum atomic E-state index is 0. The molecule has 2 aliphatic carbocycles. The fourth-order valence-electron chi connectivity index (χ4n) is 2.78. The van der Waals surface area contributed by atoms with E-state index >= 15 is 0 Å². The molecule has 0 atom stereocenters. The molecule has 3 rings (SSSR count). The van der Waals surface area contributed by atoms with Crippen LogP contribution in [0.25, 0.3) is 0 Å². The van der Waals surface area contributed by atoms with Crippen LogP contribution in [0.3, 0.4) is 0 Å². The number of hydrogen-bond donors (Lipinski definition) is 3. The van der Waals surface area contributed by atoms with E-state index < -0.39 is 0 Å². The van der Waals surface area contributed by atoms with E-state index in [1.165, 1.54) is 18.4 Å². The van der Waals surface area contributed by atoms with Crippen LogP contribution in [0.15, 0.2) is 33.7 Å². The van der Waals surface area contributed by atoms with Crippen molar-refractivity contribution in [3.05, 3.63) is 34.3 Å². The number of hydrogen-bond acceptors (Lipinski definition) is 2. The molecule has 0 radical (unpaired) electrons. The Labute approximate surface area is 175 Å². The molecule has 0 aromatic heterocycles. The summed E-state index contributed by atoms with van der Waals surface area (Å²) in [6, 6.07) is 8.90. The first-order valence-electron chi connectivity index (χ1n) is 8.69. The van der Waals surface area contributed by atoms with Gasteiger partial charge in [0.2, 0.25) is 5.91 Å². The molecule has 25 heavy (non-hydrogen) atoms. The lowest BCUT2D eigenvalue weighted by molar-refractivity contribution is -0.119. The lowest BCUT2D eigenvalue weighted by Gasteiger charge is -2.19. The van der Waals surface area contributed by atoms with Crippen LogP contribution < -0.4 is 16.0 Å². The smallest absolute Gasteiger partial charge is 0.242 e. The van der Waals surface area contributed by atoms with Gasteiger partial charge in [0.25, 0.3) is 0 Å². The van der Waals surface area contributed by atoms with Crippen LogP contribution in [0.2, 0.25) is 0 Å². The maximum atomic E-state index is 11.8. The van der Waals surface area contributed by atoms with Crippen LogP contribution in [0, 0.1) is 0 Å². The van der Waals surface area contributed by atoms with Crippen LogP contribution in [-0.4, -0.2) is 37.5 Å². The van der Waals surface area contributed by atoms with E-state index in [-0.39, 0.29) is 41.8 Å². The topological polar surface area (TPSA) is 65.5 Å². The van der Waals surface area contributed by atoms with Crippen molar-refractivity contribution in [3.8, 4) is 0 Å². The van der Waals surface area contributed by atoms with E-state index in [9.17, 15) is 4.79 Å². The summed E-state index contributed by atoms with van der Waals surface area (Å²) in [4.78, 5) is 16.2. The zero-order valence-corrected chi connectivity index (χ0v) is 18.4. The third-order valence-corrected chi connectivity index (χ3v) is 5.05. The Hall–Kier alpha value is -0.830. The second-order valence-corrected chi connectivity index (χ2v) is 7.60. The minimum Gasteiger partial charge on any atom is -0.357 e. The standard InChI is InChI=1S/C18H25BrN4O.HI/c1-2-20-17(21-11-16(24)23-15-6-7-15)22-12-18(8-9-18)13-4-3-5-14(19)10-13;/h3-5,10,15H,2,6-9,11-12H2,1H3,(H,23,24)(H2,20,21,22);1H. The molecular weight excluding hydrogens is 495 g/mol. The molecule has 2 saturated carbocycles. The molecule has 0 bridgehead atoms. The van der Waals surface area contributed by atoms with Gasteiger partial charge in [0, 0.05) is 29.0 Å². The number of carbonyl (C=O) groups excluding carboxylic acids is 1. The van der Waals surface area contributed by atoms with Crippen molar-refractivity contribution in [1.82, 2.24) is 16.0 Å². The molecule has 7 heteroatoms. The molecule has 1 aromatic rings. The highest BCUT2D eigenvalue weighted by molar-refractivity contribution is 14.0. The summed E-state index contributed by atoms with van der Waals surface area (Å²) in [7, 11) is 0. The number of aliphatic imine (C=N–C) groups is 1. The van der Waals surface area contributed by atoms with E-state index in [2.05, 4.69) is 61.1 Å². The van der Waals surface area contributed by atoms with Crippen LogP contribution in [0.1, 0.15) is 38.2 Å². The maximum absolute atomic E-state index is 11.8. The summed E-state index contributed by atoms with van der Waals surface area (Å²) in [5, 5.41) is 9.59. The van der Waals surface area contributed by atoms with Gasteiger partial charge in [-0.1, -0.05) is 28.1 Å². The summed E-state index contributed by atoms with van der Waals surface area (Å²) in [6.45, 7) is 3.82. The van der Waals surface area contributed by atoms with Gasteiger partial charge in [-0.25, -0.2) is 4.99 Å². The first-order valence-corrected chi connectivity index (χ1v) is 9.48. The van der Waals surface area contributed by atoms with Crippen molar-refractivity contribution in [2.75, 3.05) is 19.6 Å². The fraction of sp³-hybridized carbons (Fsp3) is 0.556. The van der Waals surface area contributed by atoms with Gasteiger partial charge in [0.05, 0.1) is 0 Å². The summed E-state index contributed by atoms with van der Waals surface area (Å²) < 4.78 is 1.11. The quantitative estimate of drug-likeness (QED) is 0.294. The second-order valence-electron chi connectivity index (χ2n) is 6.68. The van der Waals surface area contributed by atoms with E-state index in [1.54, 1.807) is 0 Å². The molecule has 0 unspecified atom stereocenters. The molecule has 0 spiro atoms. The van der Waals surface area contributed by atoms with Crippen molar-refractivity contribution in [3.63, 3.8) is 0 Å². The summed E-state index contributed by atoms with van der Waals surface area (Å²) in [5.41, 5.74) is 1.54. The van der Waals surface area contributed by atoms with Crippen molar-refractivity contribution < 1.29 is 4.79 Å². The average Bonchev–Trinajstić information content (AvgIpc) is 3.46. The van der Waals surface area contributed by atoms with Gasteiger partial charge in [-0.2, -0.15) is 0 Å². The molecule has 0 aliphatic heterocycles. The Balaban J connectivity index is 0.00000225. The number of guanidine groups is 1. The number of amides is 1. The van der Waals surface area contributed by atoms with E-state index in [0.717, 1.165) is 30.4 Å². The molecule has 0 heterocycles. The normalized spacial score (nSPS) is 18.1. The molecule has 138 valence electrons. The van der Waals surface area contributed by atoms with Crippen LogP contribution in [0.5, 0.6) is 0 Å².